The number of nitrogens with one attached hydrogen (secondary N) is 2. The lowest BCUT2D eigenvalue weighted by Crippen LogP contribution is -2.36. The molecule has 1 heterocycles. The van der Waals surface area contributed by atoms with Gasteiger partial charge in [0.1, 0.15) is 0 Å². The minimum Gasteiger partial charge on any atom is -0.393 e. The van der Waals surface area contributed by atoms with Crippen LogP contribution in [0.3, 0.4) is 0 Å². The van der Waals surface area contributed by atoms with E-state index in [1.54, 1.807) is 0 Å². The molecule has 106 valence electrons. The Labute approximate surface area is 117 Å². The van der Waals surface area contributed by atoms with Crippen LogP contribution in [0.25, 0.3) is 10.9 Å². The van der Waals surface area contributed by atoms with Gasteiger partial charge in [-0.05, 0) is 43.2 Å². The smallest absolute Gasteiger partial charge is 0.252 e. The minimum atomic E-state index is -0.198. The molecular formula is C16H20N2O2. The Bertz CT molecular complexity index is 650. The van der Waals surface area contributed by atoms with Gasteiger partial charge in [-0.25, -0.2) is 0 Å². The Morgan fingerprint density at radius 3 is 3.00 bits per heavy atom. The predicted octanol–water partition coefficient (Wildman–Crippen LogP) is 1.92. The highest BCUT2D eigenvalue weighted by Crippen LogP contribution is 2.18. The zero-order valence-electron chi connectivity index (χ0n) is 11.4. The molecule has 1 aliphatic carbocycles. The molecule has 0 amide bonds. The predicted molar refractivity (Wildman–Crippen MR) is 79.7 cm³/mol. The summed E-state index contributed by atoms with van der Waals surface area (Å²) in [6.45, 7) is 0.553. The van der Waals surface area contributed by atoms with E-state index in [2.05, 4.69) is 10.3 Å². The maximum atomic E-state index is 12.0. The molecule has 0 spiro atoms. The maximum Gasteiger partial charge on any atom is 0.252 e. The lowest BCUT2D eigenvalue weighted by molar-refractivity contribution is 0.111. The van der Waals surface area contributed by atoms with Gasteiger partial charge in [-0.3, -0.25) is 4.79 Å². The van der Waals surface area contributed by atoms with Crippen LogP contribution in [0.1, 0.15) is 31.2 Å². The van der Waals surface area contributed by atoms with Crippen molar-refractivity contribution in [2.75, 3.05) is 0 Å². The van der Waals surface area contributed by atoms with Crippen molar-refractivity contribution in [2.45, 2.75) is 44.4 Å². The van der Waals surface area contributed by atoms with E-state index in [0.29, 0.717) is 12.6 Å². The molecule has 4 heteroatoms. The quantitative estimate of drug-likeness (QED) is 0.800. The monoisotopic (exact) mass is 272 g/mol. The maximum absolute atomic E-state index is 12.0. The van der Waals surface area contributed by atoms with Crippen LogP contribution in [0.15, 0.2) is 35.1 Å². The van der Waals surface area contributed by atoms with Crippen molar-refractivity contribution >= 4 is 10.9 Å². The second-order valence-corrected chi connectivity index (χ2v) is 5.61. The first-order valence-electron chi connectivity index (χ1n) is 7.25. The van der Waals surface area contributed by atoms with E-state index in [1.165, 1.54) is 0 Å². The molecule has 3 rings (SSSR count). The van der Waals surface area contributed by atoms with Gasteiger partial charge in [0.2, 0.25) is 0 Å². The summed E-state index contributed by atoms with van der Waals surface area (Å²) in [6.07, 6.45) is 3.60. The van der Waals surface area contributed by atoms with Crippen LogP contribution in [0.2, 0.25) is 0 Å². The number of hydrogen-bond donors (Lipinski definition) is 3. The Hall–Kier alpha value is -1.65. The summed E-state index contributed by atoms with van der Waals surface area (Å²) in [6, 6.07) is 10.0. The molecule has 1 fully saturated rings. The van der Waals surface area contributed by atoms with Crippen LogP contribution in [-0.4, -0.2) is 22.2 Å². The zero-order valence-corrected chi connectivity index (χ0v) is 11.4. The van der Waals surface area contributed by atoms with E-state index in [0.717, 1.165) is 42.1 Å². The fourth-order valence-electron chi connectivity index (χ4n) is 2.93. The number of pyridine rings is 1. The molecule has 2 unspecified atom stereocenters. The van der Waals surface area contributed by atoms with Gasteiger partial charge in [-0.2, -0.15) is 0 Å². The number of para-hydroxylation sites is 1. The number of aliphatic hydroxyl groups is 1. The van der Waals surface area contributed by atoms with Crippen molar-refractivity contribution in [1.29, 1.82) is 0 Å². The Kier molecular flexibility index (Phi) is 3.85. The SMILES string of the molecule is O=c1[nH]c2ccccc2cc1CNC1CCCC(O)C1. The van der Waals surface area contributed by atoms with Crippen molar-refractivity contribution in [3.8, 4) is 0 Å². The molecule has 3 N–H and O–H groups in total. The first kappa shape index (κ1) is 13.3. The second kappa shape index (κ2) is 5.77. The molecule has 4 nitrogen and oxygen atoms in total. The van der Waals surface area contributed by atoms with Crippen LogP contribution in [0.4, 0.5) is 0 Å². The third-order valence-electron chi connectivity index (χ3n) is 4.06. The molecule has 20 heavy (non-hydrogen) atoms. The van der Waals surface area contributed by atoms with Crippen LogP contribution >= 0.6 is 0 Å². The number of hydrogen-bond acceptors (Lipinski definition) is 3. The summed E-state index contributed by atoms with van der Waals surface area (Å²) in [5, 5.41) is 14.1. The number of aromatic amines is 1. The fourth-order valence-corrected chi connectivity index (χ4v) is 2.93. The number of aromatic nitrogens is 1. The molecule has 2 aromatic rings. The van der Waals surface area contributed by atoms with Crippen LogP contribution in [-0.2, 0) is 6.54 Å². The van der Waals surface area contributed by atoms with E-state index < -0.39 is 0 Å². The third-order valence-corrected chi connectivity index (χ3v) is 4.06. The van der Waals surface area contributed by atoms with Crippen molar-refractivity contribution < 1.29 is 5.11 Å². The second-order valence-electron chi connectivity index (χ2n) is 5.61. The van der Waals surface area contributed by atoms with E-state index in [4.69, 9.17) is 0 Å². The normalized spacial score (nSPS) is 23.1. The first-order chi connectivity index (χ1) is 9.72. The molecule has 0 saturated heterocycles. The number of rotatable bonds is 3. The van der Waals surface area contributed by atoms with Gasteiger partial charge < -0.3 is 15.4 Å². The van der Waals surface area contributed by atoms with Gasteiger partial charge in [-0.1, -0.05) is 18.2 Å². The molecule has 1 saturated carbocycles. The van der Waals surface area contributed by atoms with Gasteiger partial charge in [0.15, 0.2) is 0 Å². The fraction of sp³-hybridized carbons (Fsp3) is 0.438. The average Bonchev–Trinajstić information content (AvgIpc) is 2.45. The van der Waals surface area contributed by atoms with Gasteiger partial charge in [0, 0.05) is 23.7 Å². The first-order valence-corrected chi connectivity index (χ1v) is 7.25. The summed E-state index contributed by atoms with van der Waals surface area (Å²) < 4.78 is 0. The van der Waals surface area contributed by atoms with Gasteiger partial charge >= 0.3 is 0 Å². The van der Waals surface area contributed by atoms with E-state index >= 15 is 0 Å². The van der Waals surface area contributed by atoms with E-state index in [-0.39, 0.29) is 11.7 Å². The average molecular weight is 272 g/mol. The van der Waals surface area contributed by atoms with Crippen LogP contribution < -0.4 is 10.9 Å². The summed E-state index contributed by atoms with van der Waals surface area (Å²) in [7, 11) is 0. The van der Waals surface area contributed by atoms with Crippen LogP contribution in [0.5, 0.6) is 0 Å². The standard InChI is InChI=1S/C16H20N2O2/c19-14-6-3-5-13(9-14)17-10-12-8-11-4-1-2-7-15(11)18-16(12)20/h1-2,4,7-8,13-14,17,19H,3,5-6,9-10H2,(H,18,20). The van der Waals surface area contributed by atoms with Gasteiger partial charge in [0.05, 0.1) is 6.10 Å². The highest BCUT2D eigenvalue weighted by molar-refractivity contribution is 5.78. The van der Waals surface area contributed by atoms with Crippen LogP contribution in [0, 0.1) is 0 Å². The Morgan fingerprint density at radius 1 is 1.30 bits per heavy atom. The zero-order chi connectivity index (χ0) is 13.9. The molecule has 0 bridgehead atoms. The van der Waals surface area contributed by atoms with Crippen molar-refractivity contribution in [3.63, 3.8) is 0 Å². The van der Waals surface area contributed by atoms with E-state index in [9.17, 15) is 9.90 Å². The van der Waals surface area contributed by atoms with Crippen molar-refractivity contribution in [2.24, 2.45) is 0 Å². The summed E-state index contributed by atoms with van der Waals surface area (Å²) in [5.74, 6) is 0. The Morgan fingerprint density at radius 2 is 2.15 bits per heavy atom. The third kappa shape index (κ3) is 2.92. The number of aliphatic hydroxyl groups excluding tert-OH is 1. The molecule has 1 aliphatic rings. The summed E-state index contributed by atoms with van der Waals surface area (Å²) >= 11 is 0. The summed E-state index contributed by atoms with van der Waals surface area (Å²) in [5.41, 5.74) is 1.59. The molecule has 0 aliphatic heterocycles. The lowest BCUT2D eigenvalue weighted by atomic mass is 9.93. The van der Waals surface area contributed by atoms with E-state index in [1.807, 2.05) is 30.3 Å². The number of H-pyrrole nitrogens is 1. The lowest BCUT2D eigenvalue weighted by Gasteiger charge is -2.26. The Balaban J connectivity index is 1.74. The van der Waals surface area contributed by atoms with Crippen molar-refractivity contribution in [3.05, 3.63) is 46.2 Å². The summed E-state index contributed by atoms with van der Waals surface area (Å²) in [4.78, 5) is 14.9. The largest absolute Gasteiger partial charge is 0.393 e. The molecule has 2 atom stereocenters. The number of fused-ring (bicyclic) bond motifs is 1. The minimum absolute atomic E-state index is 0.0347. The topological polar surface area (TPSA) is 65.1 Å². The van der Waals surface area contributed by atoms with Gasteiger partial charge in [-0.15, -0.1) is 0 Å². The highest BCUT2D eigenvalue weighted by Gasteiger charge is 2.19. The molecule has 1 aromatic carbocycles. The molecular weight excluding hydrogens is 252 g/mol. The van der Waals surface area contributed by atoms with Gasteiger partial charge in [0.25, 0.3) is 5.56 Å². The van der Waals surface area contributed by atoms with Crippen molar-refractivity contribution in [1.82, 2.24) is 10.3 Å². The molecule has 1 aromatic heterocycles. The number of benzene rings is 1. The molecule has 0 radical (unpaired) electrons. The highest BCUT2D eigenvalue weighted by atomic mass is 16.3.